The first-order valence-electron chi connectivity index (χ1n) is 4.65. The molecule has 3 heteroatoms. The van der Waals surface area contributed by atoms with E-state index in [0.29, 0.717) is 6.54 Å². The fourth-order valence-corrected chi connectivity index (χ4v) is 1.77. The van der Waals surface area contributed by atoms with Crippen molar-refractivity contribution in [2.24, 2.45) is 5.73 Å². The first-order chi connectivity index (χ1) is 6.52. The van der Waals surface area contributed by atoms with Crippen LogP contribution in [0.2, 0.25) is 5.02 Å². The van der Waals surface area contributed by atoms with E-state index in [1.165, 1.54) is 0 Å². The maximum absolute atomic E-state index is 6.15. The molecule has 0 amide bonds. The molecular weight excluding hydrogens is 196 g/mol. The third kappa shape index (κ3) is 1.92. The van der Waals surface area contributed by atoms with Gasteiger partial charge in [-0.25, -0.2) is 0 Å². The molecule has 0 aliphatic heterocycles. The summed E-state index contributed by atoms with van der Waals surface area (Å²) in [4.78, 5) is 2.09. The van der Waals surface area contributed by atoms with Crippen LogP contribution in [-0.4, -0.2) is 25.5 Å². The van der Waals surface area contributed by atoms with E-state index < -0.39 is 0 Å². The van der Waals surface area contributed by atoms with Gasteiger partial charge >= 0.3 is 0 Å². The van der Waals surface area contributed by atoms with E-state index in [0.717, 1.165) is 10.6 Å². The van der Waals surface area contributed by atoms with Gasteiger partial charge in [0.2, 0.25) is 0 Å². The molecule has 78 valence electrons. The zero-order chi connectivity index (χ0) is 10.8. The van der Waals surface area contributed by atoms with Gasteiger partial charge in [0.1, 0.15) is 0 Å². The quantitative estimate of drug-likeness (QED) is 0.832. The van der Waals surface area contributed by atoms with E-state index in [4.69, 9.17) is 17.3 Å². The molecule has 2 nitrogen and oxygen atoms in total. The maximum atomic E-state index is 6.15. The molecule has 1 aromatic carbocycles. The van der Waals surface area contributed by atoms with Gasteiger partial charge in [-0.05, 0) is 32.6 Å². The van der Waals surface area contributed by atoms with E-state index >= 15 is 0 Å². The minimum atomic E-state index is -0.196. The van der Waals surface area contributed by atoms with Crippen molar-refractivity contribution in [3.8, 4) is 0 Å². The van der Waals surface area contributed by atoms with Crippen LogP contribution < -0.4 is 5.73 Å². The van der Waals surface area contributed by atoms with Crippen LogP contribution in [-0.2, 0) is 5.54 Å². The highest BCUT2D eigenvalue weighted by atomic mass is 35.5. The summed E-state index contributed by atoms with van der Waals surface area (Å²) >= 11 is 6.15. The van der Waals surface area contributed by atoms with Crippen LogP contribution in [0.4, 0.5) is 0 Å². The summed E-state index contributed by atoms with van der Waals surface area (Å²) in [5, 5.41) is 0.772. The van der Waals surface area contributed by atoms with Crippen LogP contribution >= 0.6 is 11.6 Å². The molecule has 0 saturated carbocycles. The standard InChI is InChI=1S/C11H17ClN2/c1-11(8-13,14(2)3)9-6-4-5-7-10(9)12/h4-7H,8,13H2,1-3H3. The Kier molecular flexibility index (Phi) is 3.53. The lowest BCUT2D eigenvalue weighted by Crippen LogP contribution is -2.45. The van der Waals surface area contributed by atoms with Gasteiger partial charge in [0.25, 0.3) is 0 Å². The Morgan fingerprint density at radius 3 is 2.36 bits per heavy atom. The first-order valence-corrected chi connectivity index (χ1v) is 5.02. The summed E-state index contributed by atoms with van der Waals surface area (Å²) in [5.74, 6) is 0. The molecule has 1 atom stereocenters. The molecule has 0 aliphatic rings. The van der Waals surface area contributed by atoms with Gasteiger partial charge in [-0.2, -0.15) is 0 Å². The minimum absolute atomic E-state index is 0.196. The largest absolute Gasteiger partial charge is 0.328 e. The first kappa shape index (κ1) is 11.5. The van der Waals surface area contributed by atoms with Crippen LogP contribution in [0.5, 0.6) is 0 Å². The second kappa shape index (κ2) is 4.30. The molecule has 1 aromatic rings. The molecule has 0 bridgehead atoms. The summed E-state index contributed by atoms with van der Waals surface area (Å²) in [7, 11) is 4.02. The van der Waals surface area contributed by atoms with Crippen molar-refractivity contribution >= 4 is 11.6 Å². The van der Waals surface area contributed by atoms with Crippen LogP contribution in [0.1, 0.15) is 12.5 Å². The molecule has 0 aliphatic carbocycles. The fraction of sp³-hybridized carbons (Fsp3) is 0.455. The summed E-state index contributed by atoms with van der Waals surface area (Å²) in [6.45, 7) is 2.64. The third-order valence-electron chi connectivity index (χ3n) is 2.84. The number of hydrogen-bond acceptors (Lipinski definition) is 2. The summed E-state index contributed by atoms with van der Waals surface area (Å²) in [6.07, 6.45) is 0. The molecular formula is C11H17ClN2. The lowest BCUT2D eigenvalue weighted by Gasteiger charge is -2.36. The van der Waals surface area contributed by atoms with Crippen molar-refractivity contribution < 1.29 is 0 Å². The number of nitrogens with zero attached hydrogens (tertiary/aromatic N) is 1. The van der Waals surface area contributed by atoms with E-state index in [1.807, 2.05) is 38.4 Å². The molecule has 1 unspecified atom stereocenters. The molecule has 0 fully saturated rings. The maximum Gasteiger partial charge on any atom is 0.0564 e. The molecule has 0 saturated heterocycles. The number of nitrogens with two attached hydrogens (primary N) is 1. The van der Waals surface area contributed by atoms with Gasteiger partial charge in [0.15, 0.2) is 0 Å². The van der Waals surface area contributed by atoms with Gasteiger partial charge in [0.05, 0.1) is 5.54 Å². The number of benzene rings is 1. The second-order valence-electron chi connectivity index (χ2n) is 3.85. The van der Waals surface area contributed by atoms with E-state index in [-0.39, 0.29) is 5.54 Å². The van der Waals surface area contributed by atoms with Crippen molar-refractivity contribution in [3.63, 3.8) is 0 Å². The SMILES string of the molecule is CN(C)C(C)(CN)c1ccccc1Cl. The van der Waals surface area contributed by atoms with Gasteiger partial charge in [-0.1, -0.05) is 29.8 Å². The van der Waals surface area contributed by atoms with Crippen molar-refractivity contribution in [2.75, 3.05) is 20.6 Å². The molecule has 0 radical (unpaired) electrons. The fourth-order valence-electron chi connectivity index (χ4n) is 1.43. The van der Waals surface area contributed by atoms with E-state index in [1.54, 1.807) is 0 Å². The Labute approximate surface area is 90.7 Å². The zero-order valence-electron chi connectivity index (χ0n) is 8.92. The molecule has 0 aromatic heterocycles. The predicted molar refractivity (Wildman–Crippen MR) is 61.5 cm³/mol. The average Bonchev–Trinajstić information content (AvgIpc) is 2.17. The van der Waals surface area contributed by atoms with E-state index in [9.17, 15) is 0 Å². The predicted octanol–water partition coefficient (Wildman–Crippen LogP) is 2.08. The van der Waals surface area contributed by atoms with E-state index in [2.05, 4.69) is 11.8 Å². The van der Waals surface area contributed by atoms with Gasteiger partial charge in [-0.15, -0.1) is 0 Å². The molecule has 0 spiro atoms. The normalized spacial score (nSPS) is 15.6. The molecule has 14 heavy (non-hydrogen) atoms. The monoisotopic (exact) mass is 212 g/mol. The van der Waals surface area contributed by atoms with Crippen molar-refractivity contribution in [2.45, 2.75) is 12.5 Å². The highest BCUT2D eigenvalue weighted by Gasteiger charge is 2.29. The number of hydrogen-bond donors (Lipinski definition) is 1. The highest BCUT2D eigenvalue weighted by Crippen LogP contribution is 2.30. The minimum Gasteiger partial charge on any atom is -0.328 e. The topological polar surface area (TPSA) is 29.3 Å². The Bertz CT molecular complexity index is 312. The zero-order valence-corrected chi connectivity index (χ0v) is 9.67. The van der Waals surface area contributed by atoms with Crippen molar-refractivity contribution in [1.82, 2.24) is 4.90 Å². The Morgan fingerprint density at radius 1 is 1.36 bits per heavy atom. The number of halogens is 1. The number of likely N-dealkylation sites (N-methyl/N-ethyl adjacent to an activating group) is 1. The highest BCUT2D eigenvalue weighted by molar-refractivity contribution is 6.31. The Balaban J connectivity index is 3.19. The lowest BCUT2D eigenvalue weighted by molar-refractivity contribution is 0.183. The summed E-state index contributed by atoms with van der Waals surface area (Å²) in [5.41, 5.74) is 6.69. The smallest absolute Gasteiger partial charge is 0.0564 e. The van der Waals surface area contributed by atoms with Crippen molar-refractivity contribution in [3.05, 3.63) is 34.9 Å². The van der Waals surface area contributed by atoms with Crippen molar-refractivity contribution in [1.29, 1.82) is 0 Å². The number of rotatable bonds is 3. The molecule has 2 N–H and O–H groups in total. The van der Waals surface area contributed by atoms with Crippen LogP contribution in [0.3, 0.4) is 0 Å². The Morgan fingerprint density at radius 2 is 1.93 bits per heavy atom. The van der Waals surface area contributed by atoms with Crippen LogP contribution in [0.15, 0.2) is 24.3 Å². The Hall–Kier alpha value is -0.570. The average molecular weight is 213 g/mol. The van der Waals surface area contributed by atoms with Crippen LogP contribution in [0, 0.1) is 0 Å². The van der Waals surface area contributed by atoms with Crippen LogP contribution in [0.25, 0.3) is 0 Å². The van der Waals surface area contributed by atoms with Gasteiger partial charge in [0, 0.05) is 11.6 Å². The summed E-state index contributed by atoms with van der Waals surface area (Å²) < 4.78 is 0. The molecule has 0 heterocycles. The third-order valence-corrected chi connectivity index (χ3v) is 3.17. The molecule has 1 rings (SSSR count). The second-order valence-corrected chi connectivity index (χ2v) is 4.26. The lowest BCUT2D eigenvalue weighted by atomic mass is 9.91. The van der Waals surface area contributed by atoms with Gasteiger partial charge < -0.3 is 5.73 Å². The summed E-state index contributed by atoms with van der Waals surface area (Å²) in [6, 6.07) is 7.83. The van der Waals surface area contributed by atoms with Gasteiger partial charge in [-0.3, -0.25) is 4.90 Å².